The lowest BCUT2D eigenvalue weighted by molar-refractivity contribution is 0.304. The van der Waals surface area contributed by atoms with Crippen molar-refractivity contribution in [3.8, 4) is 5.75 Å². The molecule has 0 fully saturated rings. The van der Waals surface area contributed by atoms with Gasteiger partial charge >= 0.3 is 0 Å². The molecular formula is C34H53NO. The van der Waals surface area contributed by atoms with Crippen LogP contribution in [0.5, 0.6) is 5.75 Å². The fraction of sp³-hybridized carbons (Fsp3) is 0.618. The van der Waals surface area contributed by atoms with E-state index in [0.717, 1.165) is 30.0 Å². The minimum atomic E-state index is 0.811. The molecule has 0 radical (unpaired) electrons. The van der Waals surface area contributed by atoms with Gasteiger partial charge in [0.05, 0.1) is 12.3 Å². The number of hydrogen-bond donors (Lipinski definition) is 0. The molecule has 0 amide bonds. The molecule has 0 bridgehead atoms. The number of rotatable bonds is 22. The van der Waals surface area contributed by atoms with Crippen LogP contribution in [0, 0.1) is 0 Å². The first-order valence-electron chi connectivity index (χ1n) is 15.2. The van der Waals surface area contributed by atoms with E-state index in [0.29, 0.717) is 0 Å². The number of ether oxygens (including phenoxy) is 1. The normalized spacial score (nSPS) is 11.4. The monoisotopic (exact) mass is 491 g/mol. The highest BCUT2D eigenvalue weighted by Crippen LogP contribution is 2.19. The van der Waals surface area contributed by atoms with Crippen LogP contribution in [0.1, 0.15) is 134 Å². The average Bonchev–Trinajstić information content (AvgIpc) is 2.91. The van der Waals surface area contributed by atoms with E-state index in [9.17, 15) is 0 Å². The van der Waals surface area contributed by atoms with Gasteiger partial charge in [0.1, 0.15) is 5.75 Å². The van der Waals surface area contributed by atoms with Gasteiger partial charge in [0.15, 0.2) is 0 Å². The largest absolute Gasteiger partial charge is 0.494 e. The smallest absolute Gasteiger partial charge is 0.119 e. The molecule has 0 saturated carbocycles. The zero-order valence-corrected chi connectivity index (χ0v) is 23.5. The fourth-order valence-corrected chi connectivity index (χ4v) is 4.61. The number of hydrogen-bond acceptors (Lipinski definition) is 2. The highest BCUT2D eigenvalue weighted by atomic mass is 16.5. The Morgan fingerprint density at radius 3 is 1.61 bits per heavy atom. The van der Waals surface area contributed by atoms with Gasteiger partial charge in [-0.1, -0.05) is 134 Å². The summed E-state index contributed by atoms with van der Waals surface area (Å²) in [6.07, 6.45) is 26.4. The maximum absolute atomic E-state index is 5.93. The molecule has 0 N–H and O–H groups in total. The van der Waals surface area contributed by atoms with E-state index in [1.807, 2.05) is 30.5 Å². The molecule has 2 nitrogen and oxygen atoms in total. The molecule has 0 aromatic heterocycles. The lowest BCUT2D eigenvalue weighted by Gasteiger charge is -2.06. The third-order valence-corrected chi connectivity index (χ3v) is 7.01. The first-order chi connectivity index (χ1) is 17.8. The number of nitrogens with zero attached hydrogens (tertiary/aromatic N) is 1. The van der Waals surface area contributed by atoms with Crippen molar-refractivity contribution < 1.29 is 4.74 Å². The van der Waals surface area contributed by atoms with Gasteiger partial charge < -0.3 is 4.74 Å². The van der Waals surface area contributed by atoms with Crippen LogP contribution in [0.25, 0.3) is 0 Å². The Labute approximate surface area is 223 Å². The Kier molecular flexibility index (Phi) is 17.6. The highest BCUT2D eigenvalue weighted by molar-refractivity contribution is 5.81. The van der Waals surface area contributed by atoms with Gasteiger partial charge in [0.25, 0.3) is 0 Å². The Hall–Kier alpha value is -2.09. The average molecular weight is 492 g/mol. The van der Waals surface area contributed by atoms with E-state index in [1.54, 1.807) is 0 Å². The van der Waals surface area contributed by atoms with Crippen molar-refractivity contribution in [1.82, 2.24) is 0 Å². The fourth-order valence-electron chi connectivity index (χ4n) is 4.61. The van der Waals surface area contributed by atoms with E-state index in [2.05, 4.69) is 43.1 Å². The summed E-state index contributed by atoms with van der Waals surface area (Å²) < 4.78 is 5.93. The van der Waals surface area contributed by atoms with Crippen molar-refractivity contribution in [3.63, 3.8) is 0 Å². The first kappa shape index (κ1) is 30.1. The number of benzene rings is 2. The molecule has 36 heavy (non-hydrogen) atoms. The summed E-state index contributed by atoms with van der Waals surface area (Å²) in [5, 5.41) is 0. The molecule has 200 valence electrons. The molecule has 0 aliphatic carbocycles. The van der Waals surface area contributed by atoms with Crippen LogP contribution in [0.15, 0.2) is 53.5 Å². The molecule has 2 rings (SSSR count). The Bertz CT molecular complexity index is 778. The number of aryl methyl sites for hydroxylation is 1. The van der Waals surface area contributed by atoms with E-state index in [4.69, 9.17) is 4.74 Å². The summed E-state index contributed by atoms with van der Waals surface area (Å²) >= 11 is 0. The van der Waals surface area contributed by atoms with Gasteiger partial charge in [-0.25, -0.2) is 0 Å². The Morgan fingerprint density at radius 2 is 1.06 bits per heavy atom. The van der Waals surface area contributed by atoms with Crippen molar-refractivity contribution in [1.29, 1.82) is 0 Å². The van der Waals surface area contributed by atoms with Crippen LogP contribution >= 0.6 is 0 Å². The second-order valence-corrected chi connectivity index (χ2v) is 10.4. The molecule has 0 spiro atoms. The third kappa shape index (κ3) is 15.1. The summed E-state index contributed by atoms with van der Waals surface area (Å²) in [4.78, 5) is 4.62. The quantitative estimate of drug-likeness (QED) is 0.118. The van der Waals surface area contributed by atoms with Crippen LogP contribution in [-0.2, 0) is 6.42 Å². The van der Waals surface area contributed by atoms with Gasteiger partial charge in [0, 0.05) is 6.21 Å². The Balaban J connectivity index is 1.47. The summed E-state index contributed by atoms with van der Waals surface area (Å²) in [6.45, 7) is 5.35. The van der Waals surface area contributed by atoms with Gasteiger partial charge in [-0.2, -0.15) is 0 Å². The van der Waals surface area contributed by atoms with Crippen LogP contribution < -0.4 is 4.74 Å². The van der Waals surface area contributed by atoms with Crippen molar-refractivity contribution in [2.24, 2.45) is 4.99 Å². The summed E-state index contributed by atoms with van der Waals surface area (Å²) in [7, 11) is 0. The van der Waals surface area contributed by atoms with Crippen LogP contribution in [0.3, 0.4) is 0 Å². The van der Waals surface area contributed by atoms with Gasteiger partial charge in [-0.15, -0.1) is 0 Å². The predicted molar refractivity (Wildman–Crippen MR) is 159 cm³/mol. The van der Waals surface area contributed by atoms with E-state index in [-0.39, 0.29) is 0 Å². The minimum absolute atomic E-state index is 0.811. The topological polar surface area (TPSA) is 21.6 Å². The molecular weight excluding hydrogens is 438 g/mol. The predicted octanol–water partition coefficient (Wildman–Crippen LogP) is 11.0. The van der Waals surface area contributed by atoms with Crippen LogP contribution in [-0.4, -0.2) is 12.8 Å². The molecule has 2 aromatic carbocycles. The Morgan fingerprint density at radius 1 is 0.556 bits per heavy atom. The second-order valence-electron chi connectivity index (χ2n) is 10.4. The van der Waals surface area contributed by atoms with Crippen molar-refractivity contribution in [2.45, 2.75) is 129 Å². The molecule has 0 saturated heterocycles. The highest BCUT2D eigenvalue weighted by Gasteiger charge is 1.98. The zero-order valence-electron chi connectivity index (χ0n) is 23.5. The van der Waals surface area contributed by atoms with Crippen molar-refractivity contribution in [3.05, 3.63) is 59.7 Å². The zero-order chi connectivity index (χ0) is 25.5. The molecule has 0 atom stereocenters. The minimum Gasteiger partial charge on any atom is -0.494 e. The summed E-state index contributed by atoms with van der Waals surface area (Å²) in [6, 6.07) is 16.9. The lowest BCUT2D eigenvalue weighted by Crippen LogP contribution is -1.97. The molecule has 0 aliphatic heterocycles. The lowest BCUT2D eigenvalue weighted by atomic mass is 10.0. The van der Waals surface area contributed by atoms with E-state index in [1.165, 1.54) is 115 Å². The van der Waals surface area contributed by atoms with Gasteiger partial charge in [-0.3, -0.25) is 4.99 Å². The molecule has 2 heteroatoms. The van der Waals surface area contributed by atoms with Gasteiger partial charge in [-0.05, 0) is 54.7 Å². The molecule has 0 aliphatic rings. The van der Waals surface area contributed by atoms with E-state index >= 15 is 0 Å². The van der Waals surface area contributed by atoms with Crippen LogP contribution in [0.4, 0.5) is 5.69 Å². The van der Waals surface area contributed by atoms with Crippen LogP contribution in [0.2, 0.25) is 0 Å². The van der Waals surface area contributed by atoms with E-state index < -0.39 is 0 Å². The number of unbranched alkanes of at least 4 members (excludes halogenated alkanes) is 15. The maximum Gasteiger partial charge on any atom is 0.119 e. The SMILES string of the molecule is CCCCCCCCCCCCCCCCOc1ccc(N=Cc2ccc(CCCCC)cc2)cc1. The van der Waals surface area contributed by atoms with Crippen molar-refractivity contribution >= 4 is 11.9 Å². The molecule has 0 unspecified atom stereocenters. The first-order valence-corrected chi connectivity index (χ1v) is 15.2. The van der Waals surface area contributed by atoms with Gasteiger partial charge in [0.2, 0.25) is 0 Å². The standard InChI is InChI=1S/C34H53NO/c1-3-5-7-8-9-10-11-12-13-14-15-16-17-19-29-36-34-27-25-33(26-28-34)35-30-32-23-21-31(22-24-32)20-18-6-4-2/h21-28,30H,3-20,29H2,1-2H3. The third-order valence-electron chi connectivity index (χ3n) is 7.01. The maximum atomic E-state index is 5.93. The molecule has 2 aromatic rings. The number of aliphatic imine (C=N–C) groups is 1. The summed E-state index contributed by atoms with van der Waals surface area (Å²) in [5.74, 6) is 0.945. The van der Waals surface area contributed by atoms with Crippen molar-refractivity contribution in [2.75, 3.05) is 6.61 Å². The second kappa shape index (κ2) is 21.0. The summed E-state index contributed by atoms with van der Waals surface area (Å²) in [5.41, 5.74) is 3.53. The molecule has 0 heterocycles.